The van der Waals surface area contributed by atoms with Gasteiger partial charge in [0.15, 0.2) is 5.11 Å². The van der Waals surface area contributed by atoms with Gasteiger partial charge in [-0.05, 0) is 32.0 Å². The van der Waals surface area contributed by atoms with E-state index in [2.05, 4.69) is 10.6 Å². The van der Waals surface area contributed by atoms with Crippen molar-refractivity contribution < 1.29 is 19.7 Å². The maximum atomic E-state index is 11.4. The Hall–Kier alpha value is -1.18. The summed E-state index contributed by atoms with van der Waals surface area (Å²) in [5, 5.41) is 24.3. The molecule has 0 spiro atoms. The van der Waals surface area contributed by atoms with E-state index in [1.54, 1.807) is 0 Å². The minimum absolute atomic E-state index is 0.0316. The Morgan fingerprint density at radius 1 is 1.53 bits per heavy atom. The van der Waals surface area contributed by atoms with Gasteiger partial charge in [0, 0.05) is 24.6 Å². The highest BCUT2D eigenvalue weighted by Gasteiger charge is 2.32. The van der Waals surface area contributed by atoms with Gasteiger partial charge in [-0.25, -0.2) is 0 Å². The van der Waals surface area contributed by atoms with Crippen molar-refractivity contribution >= 4 is 23.2 Å². The third-order valence-electron chi connectivity index (χ3n) is 2.95. The molecule has 3 unspecified atom stereocenters. The lowest BCUT2D eigenvalue weighted by Crippen LogP contribution is -2.43. The molecule has 1 amide bonds. The van der Waals surface area contributed by atoms with Crippen molar-refractivity contribution in [3.8, 4) is 0 Å². The number of carbonyl (C=O) groups excluding carboxylic acids is 1. The summed E-state index contributed by atoms with van der Waals surface area (Å²) in [5.41, 5.74) is 0. The third kappa shape index (κ3) is 5.54. The maximum Gasteiger partial charge on any atom is 0.253 e. The molecule has 4 N–H and O–H groups in total. The summed E-state index contributed by atoms with van der Waals surface area (Å²) in [7, 11) is 0. The normalized spacial score (nSPS) is 26.4. The molecule has 1 rings (SSSR count). The first-order valence-electron chi connectivity index (χ1n) is 6.25. The van der Waals surface area contributed by atoms with Crippen LogP contribution in [0.2, 0.25) is 0 Å². The second-order valence-corrected chi connectivity index (χ2v) is 4.81. The van der Waals surface area contributed by atoms with Gasteiger partial charge >= 0.3 is 0 Å². The first-order valence-corrected chi connectivity index (χ1v) is 6.66. The Morgan fingerprint density at radius 2 is 2.26 bits per heavy atom. The van der Waals surface area contributed by atoms with Crippen LogP contribution in [0.15, 0.2) is 12.3 Å². The topological polar surface area (TPSA) is 90.8 Å². The van der Waals surface area contributed by atoms with E-state index in [1.807, 2.05) is 6.92 Å². The first-order chi connectivity index (χ1) is 9.06. The van der Waals surface area contributed by atoms with Gasteiger partial charge in [-0.2, -0.15) is 0 Å². The van der Waals surface area contributed by atoms with Gasteiger partial charge in [0.2, 0.25) is 0 Å². The van der Waals surface area contributed by atoms with Crippen LogP contribution in [0, 0.1) is 5.92 Å². The molecule has 6 nitrogen and oxygen atoms in total. The summed E-state index contributed by atoms with van der Waals surface area (Å²) in [6, 6.07) is -0.0316. The standard InChI is InChI=1S/C12H20N2O4S/c1-2-18-4-3-11(17)14-12(19)13-9-5-8(7-15)10(16)6-9/h3-4,8-10,15-16H,2,5-7H2,1H3,(H2,13,14,17,19)/b4-3+. The van der Waals surface area contributed by atoms with Crippen LogP contribution in [0.5, 0.6) is 0 Å². The Kier molecular flexibility index (Phi) is 6.75. The fourth-order valence-corrected chi connectivity index (χ4v) is 2.27. The molecule has 0 bridgehead atoms. The first kappa shape index (κ1) is 15.9. The average molecular weight is 288 g/mol. The summed E-state index contributed by atoms with van der Waals surface area (Å²) in [6.45, 7) is 2.27. The van der Waals surface area contributed by atoms with Crippen molar-refractivity contribution in [1.82, 2.24) is 10.6 Å². The van der Waals surface area contributed by atoms with Gasteiger partial charge in [0.05, 0.1) is 19.0 Å². The Balaban J connectivity index is 2.30. The van der Waals surface area contributed by atoms with E-state index >= 15 is 0 Å². The van der Waals surface area contributed by atoms with Crippen molar-refractivity contribution in [3.63, 3.8) is 0 Å². The zero-order valence-corrected chi connectivity index (χ0v) is 11.7. The number of ether oxygens (including phenoxy) is 1. The van der Waals surface area contributed by atoms with Crippen molar-refractivity contribution in [2.45, 2.75) is 31.9 Å². The highest BCUT2D eigenvalue weighted by molar-refractivity contribution is 7.80. The molecule has 0 aliphatic heterocycles. The third-order valence-corrected chi connectivity index (χ3v) is 3.17. The quantitative estimate of drug-likeness (QED) is 0.314. The predicted molar refractivity (Wildman–Crippen MR) is 74.2 cm³/mol. The summed E-state index contributed by atoms with van der Waals surface area (Å²) in [6.07, 6.45) is 3.16. The zero-order valence-electron chi connectivity index (χ0n) is 10.8. The molecular weight excluding hydrogens is 268 g/mol. The van der Waals surface area contributed by atoms with Crippen LogP contribution in [-0.4, -0.2) is 46.6 Å². The smallest absolute Gasteiger partial charge is 0.253 e. The van der Waals surface area contributed by atoms with Gasteiger partial charge in [-0.15, -0.1) is 0 Å². The summed E-state index contributed by atoms with van der Waals surface area (Å²) in [4.78, 5) is 11.4. The molecule has 0 aromatic carbocycles. The highest BCUT2D eigenvalue weighted by Crippen LogP contribution is 2.25. The van der Waals surface area contributed by atoms with Crippen LogP contribution in [0.1, 0.15) is 19.8 Å². The highest BCUT2D eigenvalue weighted by atomic mass is 32.1. The van der Waals surface area contributed by atoms with E-state index in [1.165, 1.54) is 12.3 Å². The molecule has 1 saturated carbocycles. The van der Waals surface area contributed by atoms with E-state index in [-0.39, 0.29) is 29.6 Å². The van der Waals surface area contributed by atoms with Crippen LogP contribution in [0.3, 0.4) is 0 Å². The van der Waals surface area contributed by atoms with E-state index in [4.69, 9.17) is 22.1 Å². The summed E-state index contributed by atoms with van der Waals surface area (Å²) in [5.74, 6) is -0.503. The molecule has 1 aliphatic rings. The second kappa shape index (κ2) is 8.08. The number of aliphatic hydroxyl groups excluding tert-OH is 2. The van der Waals surface area contributed by atoms with Crippen LogP contribution in [0.4, 0.5) is 0 Å². The number of thiocarbonyl (C=S) groups is 1. The molecule has 108 valence electrons. The van der Waals surface area contributed by atoms with Gasteiger partial charge in [0.1, 0.15) is 0 Å². The van der Waals surface area contributed by atoms with Gasteiger partial charge in [-0.3, -0.25) is 10.1 Å². The van der Waals surface area contributed by atoms with E-state index < -0.39 is 6.10 Å². The molecule has 19 heavy (non-hydrogen) atoms. The Labute approximate surface area is 117 Å². The fraction of sp³-hybridized carbons (Fsp3) is 0.667. The van der Waals surface area contributed by atoms with E-state index in [0.717, 1.165) is 0 Å². The number of carbonyl (C=O) groups is 1. The monoisotopic (exact) mass is 288 g/mol. The Morgan fingerprint density at radius 3 is 2.84 bits per heavy atom. The number of amides is 1. The summed E-state index contributed by atoms with van der Waals surface area (Å²) >= 11 is 5.00. The van der Waals surface area contributed by atoms with E-state index in [9.17, 15) is 9.90 Å². The lowest BCUT2D eigenvalue weighted by molar-refractivity contribution is -0.115. The number of hydrogen-bond donors (Lipinski definition) is 4. The molecule has 0 aromatic rings. The van der Waals surface area contributed by atoms with Crippen LogP contribution in [0.25, 0.3) is 0 Å². The van der Waals surface area contributed by atoms with Gasteiger partial charge in [-0.1, -0.05) is 0 Å². The minimum Gasteiger partial charge on any atom is -0.501 e. The molecular formula is C12H20N2O4S. The van der Waals surface area contributed by atoms with Crippen molar-refractivity contribution in [2.24, 2.45) is 5.92 Å². The average Bonchev–Trinajstić information content (AvgIpc) is 2.69. The maximum absolute atomic E-state index is 11.4. The largest absolute Gasteiger partial charge is 0.501 e. The van der Waals surface area contributed by atoms with E-state index in [0.29, 0.717) is 19.4 Å². The minimum atomic E-state index is -0.529. The number of rotatable bonds is 5. The second-order valence-electron chi connectivity index (χ2n) is 4.40. The molecule has 0 heterocycles. The Bertz CT molecular complexity index is 349. The van der Waals surface area contributed by atoms with Crippen LogP contribution in [-0.2, 0) is 9.53 Å². The molecule has 1 fully saturated rings. The lowest BCUT2D eigenvalue weighted by Gasteiger charge is -2.14. The van der Waals surface area contributed by atoms with Crippen LogP contribution < -0.4 is 10.6 Å². The predicted octanol–water partition coefficient (Wildman–Crippen LogP) is -0.341. The molecule has 3 atom stereocenters. The van der Waals surface area contributed by atoms with Crippen molar-refractivity contribution in [3.05, 3.63) is 12.3 Å². The van der Waals surface area contributed by atoms with Crippen molar-refractivity contribution in [1.29, 1.82) is 0 Å². The molecule has 7 heteroatoms. The molecule has 1 aliphatic carbocycles. The van der Waals surface area contributed by atoms with Crippen LogP contribution >= 0.6 is 12.2 Å². The van der Waals surface area contributed by atoms with Crippen molar-refractivity contribution in [2.75, 3.05) is 13.2 Å². The SMILES string of the molecule is CCO/C=C/C(=O)NC(=S)NC1CC(O)C(CO)C1. The molecule has 0 saturated heterocycles. The number of aliphatic hydroxyl groups is 2. The molecule has 0 aromatic heterocycles. The zero-order chi connectivity index (χ0) is 14.3. The van der Waals surface area contributed by atoms with Gasteiger partial charge in [0.25, 0.3) is 5.91 Å². The number of hydrogen-bond acceptors (Lipinski definition) is 5. The number of nitrogens with one attached hydrogen (secondary N) is 2. The molecule has 0 radical (unpaired) electrons. The fourth-order valence-electron chi connectivity index (χ4n) is 2.00. The van der Waals surface area contributed by atoms with Gasteiger partial charge < -0.3 is 20.3 Å². The summed E-state index contributed by atoms with van der Waals surface area (Å²) < 4.78 is 4.90. The lowest BCUT2D eigenvalue weighted by atomic mass is 10.1.